The number of rotatable bonds is 3. The van der Waals surface area contributed by atoms with E-state index >= 15 is 0 Å². The number of halogens is 1. The lowest BCUT2D eigenvalue weighted by Gasteiger charge is -2.24. The molecule has 0 N–H and O–H groups in total. The molecule has 1 unspecified atom stereocenters. The SMILES string of the molecule is O=S(=O)(c1cccnc1)N1CCCCC(c2ccc(F)cc2)C1. The van der Waals surface area contributed by atoms with E-state index in [-0.39, 0.29) is 16.6 Å². The van der Waals surface area contributed by atoms with Crippen molar-refractivity contribution in [3.8, 4) is 0 Å². The van der Waals surface area contributed by atoms with Gasteiger partial charge in [0.25, 0.3) is 0 Å². The average Bonchev–Trinajstić information content (AvgIpc) is 2.83. The van der Waals surface area contributed by atoms with Gasteiger partial charge in [0.15, 0.2) is 0 Å². The van der Waals surface area contributed by atoms with Crippen LogP contribution in [0.4, 0.5) is 4.39 Å². The molecule has 2 heterocycles. The molecule has 6 heteroatoms. The highest BCUT2D eigenvalue weighted by Crippen LogP contribution is 2.29. The minimum Gasteiger partial charge on any atom is -0.263 e. The van der Waals surface area contributed by atoms with Gasteiger partial charge in [-0.25, -0.2) is 12.8 Å². The Morgan fingerprint density at radius 2 is 1.91 bits per heavy atom. The molecule has 0 bridgehead atoms. The zero-order valence-corrected chi connectivity index (χ0v) is 13.5. The lowest BCUT2D eigenvalue weighted by molar-refractivity contribution is 0.406. The normalized spacial score (nSPS) is 20.1. The predicted molar refractivity (Wildman–Crippen MR) is 86.0 cm³/mol. The Balaban J connectivity index is 1.86. The van der Waals surface area contributed by atoms with Gasteiger partial charge in [0.05, 0.1) is 0 Å². The minimum absolute atomic E-state index is 0.0875. The van der Waals surface area contributed by atoms with Crippen LogP contribution in [0, 0.1) is 5.82 Å². The first kappa shape index (κ1) is 16.1. The predicted octanol–water partition coefficient (Wildman–Crippen LogP) is 3.18. The van der Waals surface area contributed by atoms with Crippen LogP contribution in [0.1, 0.15) is 30.7 Å². The maximum atomic E-state index is 13.1. The van der Waals surface area contributed by atoms with Gasteiger partial charge in [-0.1, -0.05) is 18.6 Å². The topological polar surface area (TPSA) is 50.3 Å². The molecule has 1 atom stereocenters. The van der Waals surface area contributed by atoms with Crippen LogP contribution in [0.25, 0.3) is 0 Å². The van der Waals surface area contributed by atoms with Crippen molar-refractivity contribution in [2.75, 3.05) is 13.1 Å². The van der Waals surface area contributed by atoms with E-state index in [2.05, 4.69) is 4.98 Å². The van der Waals surface area contributed by atoms with Crippen LogP contribution in [-0.2, 0) is 10.0 Å². The Morgan fingerprint density at radius 1 is 1.13 bits per heavy atom. The van der Waals surface area contributed by atoms with E-state index in [1.54, 1.807) is 30.5 Å². The minimum atomic E-state index is -3.54. The van der Waals surface area contributed by atoms with Crippen molar-refractivity contribution in [3.05, 3.63) is 60.2 Å². The lowest BCUT2D eigenvalue weighted by Crippen LogP contribution is -2.34. The van der Waals surface area contributed by atoms with Crippen molar-refractivity contribution in [2.24, 2.45) is 0 Å². The molecule has 1 aliphatic heterocycles. The fraction of sp³-hybridized carbons (Fsp3) is 0.353. The van der Waals surface area contributed by atoms with Crippen LogP contribution in [0.2, 0.25) is 0 Å². The second kappa shape index (κ2) is 6.76. The van der Waals surface area contributed by atoms with Gasteiger partial charge in [-0.3, -0.25) is 4.98 Å². The van der Waals surface area contributed by atoms with Crippen molar-refractivity contribution in [3.63, 3.8) is 0 Å². The van der Waals surface area contributed by atoms with E-state index in [1.165, 1.54) is 22.6 Å². The molecule has 122 valence electrons. The van der Waals surface area contributed by atoms with Gasteiger partial charge in [-0.05, 0) is 48.6 Å². The summed E-state index contributed by atoms with van der Waals surface area (Å²) in [5, 5.41) is 0. The van der Waals surface area contributed by atoms with Gasteiger partial charge in [-0.2, -0.15) is 4.31 Å². The van der Waals surface area contributed by atoms with E-state index in [0.29, 0.717) is 13.1 Å². The van der Waals surface area contributed by atoms with Gasteiger partial charge in [0.2, 0.25) is 10.0 Å². The number of benzene rings is 1. The van der Waals surface area contributed by atoms with Gasteiger partial charge in [0, 0.05) is 25.5 Å². The maximum absolute atomic E-state index is 13.1. The van der Waals surface area contributed by atoms with Crippen molar-refractivity contribution < 1.29 is 12.8 Å². The summed E-state index contributed by atoms with van der Waals surface area (Å²) in [5.41, 5.74) is 0.986. The Bertz CT molecular complexity index is 748. The van der Waals surface area contributed by atoms with E-state index in [9.17, 15) is 12.8 Å². The molecule has 0 radical (unpaired) electrons. The van der Waals surface area contributed by atoms with Crippen molar-refractivity contribution in [2.45, 2.75) is 30.1 Å². The second-order valence-corrected chi connectivity index (χ2v) is 7.73. The number of sulfonamides is 1. The van der Waals surface area contributed by atoms with E-state index in [0.717, 1.165) is 24.8 Å². The zero-order chi connectivity index (χ0) is 16.3. The van der Waals surface area contributed by atoms with Gasteiger partial charge >= 0.3 is 0 Å². The summed E-state index contributed by atoms with van der Waals surface area (Å²) in [6, 6.07) is 9.56. The third-order valence-electron chi connectivity index (χ3n) is 4.25. The maximum Gasteiger partial charge on any atom is 0.244 e. The van der Waals surface area contributed by atoms with Gasteiger partial charge in [-0.15, -0.1) is 0 Å². The van der Waals surface area contributed by atoms with Crippen LogP contribution < -0.4 is 0 Å². The van der Waals surface area contributed by atoms with Crippen LogP contribution >= 0.6 is 0 Å². The fourth-order valence-corrected chi connectivity index (χ4v) is 4.47. The molecule has 1 aromatic heterocycles. The third kappa shape index (κ3) is 3.59. The Kier molecular flexibility index (Phi) is 4.73. The van der Waals surface area contributed by atoms with E-state index in [1.807, 2.05) is 0 Å². The fourth-order valence-electron chi connectivity index (χ4n) is 2.98. The van der Waals surface area contributed by atoms with Crippen LogP contribution in [0.3, 0.4) is 0 Å². The van der Waals surface area contributed by atoms with Gasteiger partial charge in [0.1, 0.15) is 10.7 Å². The van der Waals surface area contributed by atoms with Crippen molar-refractivity contribution in [1.29, 1.82) is 0 Å². The third-order valence-corrected chi connectivity index (χ3v) is 6.10. The summed E-state index contributed by atoms with van der Waals surface area (Å²) in [6.45, 7) is 0.928. The molecule has 1 aliphatic rings. The molecule has 3 rings (SSSR count). The average molecular weight is 334 g/mol. The molecule has 0 amide bonds. The summed E-state index contributed by atoms with van der Waals surface area (Å²) in [4.78, 5) is 4.13. The molecule has 1 fully saturated rings. The first-order chi connectivity index (χ1) is 11.1. The quantitative estimate of drug-likeness (QED) is 0.866. The Labute approximate surface area is 136 Å². The molecule has 1 saturated heterocycles. The summed E-state index contributed by atoms with van der Waals surface area (Å²) < 4.78 is 40.2. The standard InChI is InChI=1S/C17H19FN2O2S/c18-16-8-6-14(7-9-16)15-4-1-2-11-20(13-15)23(21,22)17-5-3-10-19-12-17/h3,5-10,12,15H,1-2,4,11,13H2. The lowest BCUT2D eigenvalue weighted by atomic mass is 9.95. The van der Waals surface area contributed by atoms with Crippen molar-refractivity contribution >= 4 is 10.0 Å². The number of hydrogen-bond donors (Lipinski definition) is 0. The monoisotopic (exact) mass is 334 g/mol. The molecule has 0 spiro atoms. The van der Waals surface area contributed by atoms with E-state index in [4.69, 9.17) is 0 Å². The molecular formula is C17H19FN2O2S. The molecule has 0 saturated carbocycles. The van der Waals surface area contributed by atoms with Gasteiger partial charge < -0.3 is 0 Å². The largest absolute Gasteiger partial charge is 0.263 e. The Hall–Kier alpha value is -1.79. The summed E-state index contributed by atoms with van der Waals surface area (Å²) >= 11 is 0. The molecule has 4 nitrogen and oxygen atoms in total. The van der Waals surface area contributed by atoms with Crippen LogP contribution in [-0.4, -0.2) is 30.8 Å². The summed E-state index contributed by atoms with van der Waals surface area (Å²) in [5.74, 6) is -0.188. The second-order valence-electron chi connectivity index (χ2n) is 5.80. The number of pyridine rings is 1. The van der Waals surface area contributed by atoms with Crippen molar-refractivity contribution in [1.82, 2.24) is 9.29 Å². The summed E-state index contributed by atoms with van der Waals surface area (Å²) in [7, 11) is -3.54. The molecule has 0 aliphatic carbocycles. The number of nitrogens with zero attached hydrogens (tertiary/aromatic N) is 2. The summed E-state index contributed by atoms with van der Waals surface area (Å²) in [6.07, 6.45) is 5.64. The van der Waals surface area contributed by atoms with E-state index < -0.39 is 10.0 Å². The van der Waals surface area contributed by atoms with Crippen LogP contribution in [0.15, 0.2) is 53.7 Å². The Morgan fingerprint density at radius 3 is 2.61 bits per heavy atom. The molecule has 23 heavy (non-hydrogen) atoms. The first-order valence-electron chi connectivity index (χ1n) is 7.73. The number of hydrogen-bond acceptors (Lipinski definition) is 3. The van der Waals surface area contributed by atoms with Crippen LogP contribution in [0.5, 0.6) is 0 Å². The molecule has 2 aromatic rings. The molecular weight excluding hydrogens is 315 g/mol. The highest BCUT2D eigenvalue weighted by atomic mass is 32.2. The highest BCUT2D eigenvalue weighted by Gasteiger charge is 2.29. The first-order valence-corrected chi connectivity index (χ1v) is 9.17. The molecule has 1 aromatic carbocycles. The highest BCUT2D eigenvalue weighted by molar-refractivity contribution is 7.89. The zero-order valence-electron chi connectivity index (χ0n) is 12.7. The smallest absolute Gasteiger partial charge is 0.244 e. The number of aromatic nitrogens is 1.